The molecule has 0 bridgehead atoms. The van der Waals surface area contributed by atoms with Gasteiger partial charge in [0.05, 0.1) is 0 Å². The molecule has 0 saturated carbocycles. The first kappa shape index (κ1) is 20.2. The second-order valence-electron chi connectivity index (χ2n) is 4.59. The Morgan fingerprint density at radius 3 is 2.48 bits per heavy atom. The predicted molar refractivity (Wildman–Crippen MR) is 80.5 cm³/mol. The molecule has 0 spiro atoms. The fraction of sp³-hybridized carbons (Fsp3) is 0.538. The molecule has 4 amide bonds. The molecule has 0 fully saturated rings. The molecule has 0 aromatic heterocycles. The molecule has 10 nitrogen and oxygen atoms in total. The van der Waals surface area contributed by atoms with Crippen LogP contribution in [0.4, 0.5) is 9.59 Å². The summed E-state index contributed by atoms with van der Waals surface area (Å²) in [6, 6.07) is -2.83. The summed E-state index contributed by atoms with van der Waals surface area (Å²) < 4.78 is 4.65. The van der Waals surface area contributed by atoms with Crippen molar-refractivity contribution in [1.29, 1.82) is 0 Å². The van der Waals surface area contributed by atoms with Gasteiger partial charge in [-0.1, -0.05) is 12.7 Å². The van der Waals surface area contributed by atoms with Gasteiger partial charge in [0.1, 0.15) is 18.7 Å². The van der Waals surface area contributed by atoms with E-state index < -0.39 is 36.1 Å². The van der Waals surface area contributed by atoms with E-state index in [0.717, 1.165) is 0 Å². The average molecular weight is 330 g/mol. The minimum Gasteiger partial charge on any atom is -0.480 e. The quantitative estimate of drug-likeness (QED) is 0.263. The Hall–Kier alpha value is -2.78. The Bertz CT molecular complexity index is 454. The van der Waals surface area contributed by atoms with Crippen molar-refractivity contribution in [2.75, 3.05) is 13.2 Å². The number of hydrogen-bond donors (Lipinski definition) is 5. The summed E-state index contributed by atoms with van der Waals surface area (Å²) in [5, 5.41) is 15.9. The average Bonchev–Trinajstić information content (AvgIpc) is 2.47. The molecular formula is C13H22N4O6. The van der Waals surface area contributed by atoms with Crippen molar-refractivity contribution in [2.45, 2.75) is 31.8 Å². The third-order valence-electron chi connectivity index (χ3n) is 2.64. The van der Waals surface area contributed by atoms with E-state index in [2.05, 4.69) is 27.3 Å². The van der Waals surface area contributed by atoms with E-state index in [9.17, 15) is 19.2 Å². The maximum Gasteiger partial charge on any atom is 0.408 e. The van der Waals surface area contributed by atoms with Gasteiger partial charge in [-0.2, -0.15) is 0 Å². The number of ether oxygens (including phenoxy) is 1. The van der Waals surface area contributed by atoms with Gasteiger partial charge < -0.3 is 31.5 Å². The standard InChI is InChI=1S/C13H22N4O6/c1-3-7-23-13(22)16-8(2)10(18)17-9(11(19)20)5-4-6-15-12(14)21/h3,8-9H,1,4-7H2,2H3,(H,16,22)(H,17,18)(H,19,20)(H3,14,15,21)/t8-,9-/m0/s1. The zero-order chi connectivity index (χ0) is 17.8. The van der Waals surface area contributed by atoms with E-state index in [1.165, 1.54) is 13.0 Å². The van der Waals surface area contributed by atoms with E-state index in [1.54, 1.807) is 0 Å². The van der Waals surface area contributed by atoms with E-state index in [-0.39, 0.29) is 19.6 Å². The first-order chi connectivity index (χ1) is 10.8. The lowest BCUT2D eigenvalue weighted by molar-refractivity contribution is -0.142. The Balaban J connectivity index is 4.31. The number of carbonyl (C=O) groups is 4. The number of nitrogens with one attached hydrogen (secondary N) is 3. The normalized spacial score (nSPS) is 12.4. The SMILES string of the molecule is C=CCOC(=O)N[C@@H](C)C(=O)N[C@@H](CCCNC(N)=O)C(=O)O. The van der Waals surface area contributed by atoms with Gasteiger partial charge in [0.15, 0.2) is 0 Å². The maximum atomic E-state index is 11.9. The van der Waals surface area contributed by atoms with E-state index >= 15 is 0 Å². The first-order valence-electron chi connectivity index (χ1n) is 6.88. The van der Waals surface area contributed by atoms with Crippen LogP contribution in [0.15, 0.2) is 12.7 Å². The minimum absolute atomic E-state index is 0.00914. The molecule has 0 aliphatic rings. The van der Waals surface area contributed by atoms with Crippen molar-refractivity contribution >= 4 is 24.0 Å². The number of primary amides is 1. The molecule has 0 aromatic carbocycles. The lowest BCUT2D eigenvalue weighted by atomic mass is 10.1. The maximum absolute atomic E-state index is 11.9. The predicted octanol–water partition coefficient (Wildman–Crippen LogP) is -0.695. The van der Waals surface area contributed by atoms with Crippen molar-refractivity contribution in [3.63, 3.8) is 0 Å². The van der Waals surface area contributed by atoms with E-state index in [4.69, 9.17) is 10.8 Å². The molecule has 0 radical (unpaired) electrons. The molecule has 0 unspecified atom stereocenters. The van der Waals surface area contributed by atoms with Crippen LogP contribution in [0.3, 0.4) is 0 Å². The largest absolute Gasteiger partial charge is 0.480 e. The van der Waals surface area contributed by atoms with Crippen LogP contribution in [0.1, 0.15) is 19.8 Å². The second kappa shape index (κ2) is 10.9. The highest BCUT2D eigenvalue weighted by atomic mass is 16.5. The lowest BCUT2D eigenvalue weighted by Crippen LogP contribution is -2.50. The van der Waals surface area contributed by atoms with Gasteiger partial charge in [-0.05, 0) is 19.8 Å². The molecule has 0 saturated heterocycles. The minimum atomic E-state index is -1.22. The van der Waals surface area contributed by atoms with Gasteiger partial charge in [0.2, 0.25) is 5.91 Å². The number of carboxylic acid groups (broad SMARTS) is 1. The molecule has 10 heteroatoms. The highest BCUT2D eigenvalue weighted by molar-refractivity contribution is 5.88. The van der Waals surface area contributed by atoms with Crippen LogP contribution in [0.2, 0.25) is 0 Å². The van der Waals surface area contributed by atoms with Crippen LogP contribution < -0.4 is 21.7 Å². The summed E-state index contributed by atoms with van der Waals surface area (Å²) in [4.78, 5) is 44.7. The number of amides is 4. The summed E-state index contributed by atoms with van der Waals surface area (Å²) in [7, 11) is 0. The zero-order valence-electron chi connectivity index (χ0n) is 12.8. The summed E-state index contributed by atoms with van der Waals surface area (Å²) >= 11 is 0. The van der Waals surface area contributed by atoms with Crippen molar-refractivity contribution in [1.82, 2.24) is 16.0 Å². The van der Waals surface area contributed by atoms with E-state index in [0.29, 0.717) is 6.42 Å². The van der Waals surface area contributed by atoms with Crippen molar-refractivity contribution < 1.29 is 29.0 Å². The molecule has 6 N–H and O–H groups in total. The Kier molecular flexibility index (Phi) is 9.56. The zero-order valence-corrected chi connectivity index (χ0v) is 12.8. The molecule has 130 valence electrons. The molecule has 23 heavy (non-hydrogen) atoms. The molecule has 0 aliphatic carbocycles. The summed E-state index contributed by atoms with van der Waals surface area (Å²) in [6.07, 6.45) is 0.952. The van der Waals surface area contributed by atoms with Crippen LogP contribution in [0.25, 0.3) is 0 Å². The first-order valence-corrected chi connectivity index (χ1v) is 6.88. The Labute approximate surface area is 133 Å². The number of nitrogens with two attached hydrogens (primary N) is 1. The number of carbonyl (C=O) groups excluding carboxylic acids is 3. The third kappa shape index (κ3) is 9.72. The number of carboxylic acids is 1. The van der Waals surface area contributed by atoms with Crippen LogP contribution in [0.5, 0.6) is 0 Å². The molecule has 0 aromatic rings. The summed E-state index contributed by atoms with van der Waals surface area (Å²) in [5.74, 6) is -1.89. The van der Waals surface area contributed by atoms with Gasteiger partial charge in [0.25, 0.3) is 0 Å². The van der Waals surface area contributed by atoms with E-state index in [1.807, 2.05) is 0 Å². The number of alkyl carbamates (subject to hydrolysis) is 1. The smallest absolute Gasteiger partial charge is 0.408 e. The van der Waals surface area contributed by atoms with Crippen LogP contribution in [0, 0.1) is 0 Å². The summed E-state index contributed by atoms with van der Waals surface area (Å²) in [5.41, 5.74) is 4.88. The van der Waals surface area contributed by atoms with Crippen LogP contribution in [-0.4, -0.2) is 54.3 Å². The lowest BCUT2D eigenvalue weighted by Gasteiger charge is -2.18. The number of hydrogen-bond acceptors (Lipinski definition) is 5. The second-order valence-corrected chi connectivity index (χ2v) is 4.59. The third-order valence-corrected chi connectivity index (χ3v) is 2.64. The van der Waals surface area contributed by atoms with Gasteiger partial charge in [-0.25, -0.2) is 14.4 Å². The van der Waals surface area contributed by atoms with Crippen LogP contribution in [-0.2, 0) is 14.3 Å². The topological polar surface area (TPSA) is 160 Å². The number of urea groups is 1. The molecular weight excluding hydrogens is 308 g/mol. The molecule has 2 atom stereocenters. The highest BCUT2D eigenvalue weighted by Crippen LogP contribution is 1.98. The molecule has 0 aliphatic heterocycles. The number of aliphatic carboxylic acids is 1. The van der Waals surface area contributed by atoms with Crippen molar-refractivity contribution in [3.05, 3.63) is 12.7 Å². The Morgan fingerprint density at radius 1 is 1.30 bits per heavy atom. The highest BCUT2D eigenvalue weighted by Gasteiger charge is 2.23. The summed E-state index contributed by atoms with van der Waals surface area (Å²) in [6.45, 7) is 4.94. The molecule has 0 heterocycles. The fourth-order valence-corrected chi connectivity index (χ4v) is 1.49. The van der Waals surface area contributed by atoms with Gasteiger partial charge in [0, 0.05) is 6.54 Å². The van der Waals surface area contributed by atoms with Crippen LogP contribution >= 0.6 is 0 Å². The van der Waals surface area contributed by atoms with Gasteiger partial charge in [-0.3, -0.25) is 4.79 Å². The Morgan fingerprint density at radius 2 is 1.96 bits per heavy atom. The monoisotopic (exact) mass is 330 g/mol. The molecule has 0 rings (SSSR count). The van der Waals surface area contributed by atoms with Gasteiger partial charge in [-0.15, -0.1) is 0 Å². The fourth-order valence-electron chi connectivity index (χ4n) is 1.49. The van der Waals surface area contributed by atoms with Gasteiger partial charge >= 0.3 is 18.1 Å². The van der Waals surface area contributed by atoms with Crippen molar-refractivity contribution in [3.8, 4) is 0 Å². The van der Waals surface area contributed by atoms with Crippen molar-refractivity contribution in [2.24, 2.45) is 5.73 Å². The number of rotatable bonds is 10.